The highest BCUT2D eigenvalue weighted by atomic mass is 32.1. The maximum absolute atomic E-state index is 4.56. The standard InChI is InChI=1S/C14H22N6S/c1-4-13-19-11(10-21-13)5-7-16-14(15-2)17-9-12-6-8-18-20(12)3/h6,8,10H,4-5,7,9H2,1-3H3,(H2,15,16,17). The number of nitrogens with one attached hydrogen (secondary N) is 2. The lowest BCUT2D eigenvalue weighted by molar-refractivity contribution is 0.683. The Hall–Kier alpha value is -1.89. The second-order valence-corrected chi connectivity index (χ2v) is 5.58. The summed E-state index contributed by atoms with van der Waals surface area (Å²) in [6.07, 6.45) is 3.70. The van der Waals surface area contributed by atoms with Crippen LogP contribution in [0, 0.1) is 0 Å². The molecule has 21 heavy (non-hydrogen) atoms. The molecule has 2 N–H and O–H groups in total. The van der Waals surface area contributed by atoms with Crippen molar-refractivity contribution < 1.29 is 0 Å². The summed E-state index contributed by atoms with van der Waals surface area (Å²) in [6.45, 7) is 3.65. The summed E-state index contributed by atoms with van der Waals surface area (Å²) in [5.74, 6) is 0.794. The molecule has 0 amide bonds. The van der Waals surface area contributed by atoms with Gasteiger partial charge >= 0.3 is 0 Å². The van der Waals surface area contributed by atoms with Crippen LogP contribution in [0.4, 0.5) is 0 Å². The number of hydrogen-bond acceptors (Lipinski definition) is 4. The molecular weight excluding hydrogens is 284 g/mol. The minimum Gasteiger partial charge on any atom is -0.356 e. The van der Waals surface area contributed by atoms with Crippen molar-refractivity contribution in [2.75, 3.05) is 13.6 Å². The predicted octanol–water partition coefficient (Wildman–Crippen LogP) is 1.35. The van der Waals surface area contributed by atoms with Crippen LogP contribution >= 0.6 is 11.3 Å². The maximum atomic E-state index is 4.56. The van der Waals surface area contributed by atoms with E-state index >= 15 is 0 Å². The van der Waals surface area contributed by atoms with Crippen LogP contribution in [-0.2, 0) is 26.4 Å². The summed E-state index contributed by atoms with van der Waals surface area (Å²) in [5.41, 5.74) is 2.26. The molecule has 0 fully saturated rings. The van der Waals surface area contributed by atoms with E-state index in [1.807, 2.05) is 17.8 Å². The van der Waals surface area contributed by atoms with E-state index in [0.29, 0.717) is 6.54 Å². The molecule has 2 rings (SSSR count). The van der Waals surface area contributed by atoms with Gasteiger partial charge in [0, 0.05) is 38.6 Å². The highest BCUT2D eigenvalue weighted by molar-refractivity contribution is 7.09. The molecule has 2 aromatic rings. The molecule has 6 nitrogen and oxygen atoms in total. The lowest BCUT2D eigenvalue weighted by Crippen LogP contribution is -2.38. The topological polar surface area (TPSA) is 67.1 Å². The van der Waals surface area contributed by atoms with Crippen LogP contribution in [0.25, 0.3) is 0 Å². The molecule has 0 saturated heterocycles. The zero-order valence-corrected chi connectivity index (χ0v) is 13.6. The van der Waals surface area contributed by atoms with Crippen molar-refractivity contribution in [3.05, 3.63) is 34.0 Å². The normalized spacial score (nSPS) is 11.7. The largest absolute Gasteiger partial charge is 0.356 e. The van der Waals surface area contributed by atoms with Gasteiger partial charge < -0.3 is 10.6 Å². The number of aryl methyl sites for hydroxylation is 2. The third-order valence-electron chi connectivity index (χ3n) is 3.16. The van der Waals surface area contributed by atoms with E-state index < -0.39 is 0 Å². The van der Waals surface area contributed by atoms with E-state index in [0.717, 1.165) is 36.7 Å². The number of aromatic nitrogens is 3. The fourth-order valence-electron chi connectivity index (χ4n) is 1.90. The van der Waals surface area contributed by atoms with Crippen LogP contribution in [0.5, 0.6) is 0 Å². The van der Waals surface area contributed by atoms with Gasteiger partial charge in [-0.15, -0.1) is 11.3 Å². The van der Waals surface area contributed by atoms with Gasteiger partial charge in [-0.25, -0.2) is 4.98 Å². The van der Waals surface area contributed by atoms with E-state index in [2.05, 4.69) is 38.0 Å². The molecule has 0 bridgehead atoms. The third kappa shape index (κ3) is 4.56. The Kier molecular flexibility index (Phi) is 5.74. The van der Waals surface area contributed by atoms with Gasteiger partial charge in [-0.05, 0) is 12.5 Å². The Balaban J connectivity index is 1.74. The Bertz CT molecular complexity index is 586. The monoisotopic (exact) mass is 306 g/mol. The van der Waals surface area contributed by atoms with E-state index in [1.54, 1.807) is 24.6 Å². The minimum atomic E-state index is 0.701. The third-order valence-corrected chi connectivity index (χ3v) is 4.20. The van der Waals surface area contributed by atoms with Gasteiger partial charge in [-0.1, -0.05) is 6.92 Å². The number of rotatable bonds is 6. The summed E-state index contributed by atoms with van der Waals surface area (Å²) in [4.78, 5) is 8.77. The van der Waals surface area contributed by atoms with Crippen LogP contribution in [0.3, 0.4) is 0 Å². The molecule has 0 aromatic carbocycles. The molecule has 0 spiro atoms. The van der Waals surface area contributed by atoms with Crippen LogP contribution in [0.15, 0.2) is 22.6 Å². The van der Waals surface area contributed by atoms with Crippen LogP contribution < -0.4 is 10.6 Å². The van der Waals surface area contributed by atoms with Crippen molar-refractivity contribution in [3.63, 3.8) is 0 Å². The molecule has 0 aliphatic heterocycles. The first-order valence-corrected chi connectivity index (χ1v) is 7.95. The SMILES string of the molecule is CCc1nc(CCNC(=NC)NCc2ccnn2C)cs1. The molecule has 0 aliphatic rings. The smallest absolute Gasteiger partial charge is 0.191 e. The van der Waals surface area contributed by atoms with E-state index in [4.69, 9.17) is 0 Å². The number of nitrogens with zero attached hydrogens (tertiary/aromatic N) is 4. The number of guanidine groups is 1. The van der Waals surface area contributed by atoms with Gasteiger partial charge in [-0.3, -0.25) is 9.67 Å². The quantitative estimate of drug-likeness (QED) is 0.624. The van der Waals surface area contributed by atoms with Crippen molar-refractivity contribution in [1.82, 2.24) is 25.4 Å². The number of aliphatic imine (C=N–C) groups is 1. The molecule has 0 saturated carbocycles. The van der Waals surface area contributed by atoms with Gasteiger partial charge in [0.15, 0.2) is 5.96 Å². The average molecular weight is 306 g/mol. The van der Waals surface area contributed by atoms with Crippen LogP contribution in [-0.4, -0.2) is 34.3 Å². The van der Waals surface area contributed by atoms with Crippen molar-refractivity contribution >= 4 is 17.3 Å². The second-order valence-electron chi connectivity index (χ2n) is 4.63. The lowest BCUT2D eigenvalue weighted by Gasteiger charge is -2.11. The molecule has 2 heterocycles. The fraction of sp³-hybridized carbons (Fsp3) is 0.500. The first-order valence-electron chi connectivity index (χ1n) is 7.07. The lowest BCUT2D eigenvalue weighted by atomic mass is 10.3. The molecule has 2 aromatic heterocycles. The number of hydrogen-bond donors (Lipinski definition) is 2. The summed E-state index contributed by atoms with van der Waals surface area (Å²) in [7, 11) is 3.71. The van der Waals surface area contributed by atoms with Gasteiger partial charge in [0.25, 0.3) is 0 Å². The van der Waals surface area contributed by atoms with Crippen molar-refractivity contribution in [2.45, 2.75) is 26.3 Å². The van der Waals surface area contributed by atoms with E-state index in [1.165, 1.54) is 5.01 Å². The number of thiazole rings is 1. The van der Waals surface area contributed by atoms with E-state index in [9.17, 15) is 0 Å². The Morgan fingerprint density at radius 1 is 1.43 bits per heavy atom. The average Bonchev–Trinajstić information content (AvgIpc) is 3.11. The Morgan fingerprint density at radius 2 is 2.29 bits per heavy atom. The first kappa shape index (κ1) is 15.5. The maximum Gasteiger partial charge on any atom is 0.191 e. The molecule has 114 valence electrons. The minimum absolute atomic E-state index is 0.701. The molecular formula is C14H22N6S. The second kappa shape index (κ2) is 7.78. The Morgan fingerprint density at radius 3 is 2.90 bits per heavy atom. The van der Waals surface area contributed by atoms with Gasteiger partial charge in [0.05, 0.1) is 22.9 Å². The highest BCUT2D eigenvalue weighted by Crippen LogP contribution is 2.10. The van der Waals surface area contributed by atoms with Crippen molar-refractivity contribution in [2.24, 2.45) is 12.0 Å². The molecule has 7 heteroatoms. The molecule has 0 radical (unpaired) electrons. The summed E-state index contributed by atoms with van der Waals surface area (Å²) < 4.78 is 1.85. The van der Waals surface area contributed by atoms with Gasteiger partial charge in [-0.2, -0.15) is 5.10 Å². The summed E-state index contributed by atoms with van der Waals surface area (Å²) in [5, 5.41) is 14.0. The predicted molar refractivity (Wildman–Crippen MR) is 86.6 cm³/mol. The zero-order chi connectivity index (χ0) is 15.1. The molecule has 0 aliphatic carbocycles. The molecule has 0 unspecified atom stereocenters. The fourth-order valence-corrected chi connectivity index (χ4v) is 2.68. The summed E-state index contributed by atoms with van der Waals surface area (Å²) >= 11 is 1.73. The van der Waals surface area contributed by atoms with Crippen molar-refractivity contribution in [1.29, 1.82) is 0 Å². The summed E-state index contributed by atoms with van der Waals surface area (Å²) in [6, 6.07) is 1.99. The van der Waals surface area contributed by atoms with Crippen molar-refractivity contribution in [3.8, 4) is 0 Å². The van der Waals surface area contributed by atoms with Crippen LogP contribution in [0.1, 0.15) is 23.3 Å². The molecule has 0 atom stereocenters. The Labute approximate surface area is 129 Å². The van der Waals surface area contributed by atoms with E-state index in [-0.39, 0.29) is 0 Å². The zero-order valence-electron chi connectivity index (χ0n) is 12.8. The van der Waals surface area contributed by atoms with Gasteiger partial charge in [0.1, 0.15) is 0 Å². The van der Waals surface area contributed by atoms with Crippen LogP contribution in [0.2, 0.25) is 0 Å². The first-order chi connectivity index (χ1) is 10.2. The van der Waals surface area contributed by atoms with Gasteiger partial charge in [0.2, 0.25) is 0 Å². The highest BCUT2D eigenvalue weighted by Gasteiger charge is 2.03.